The average Bonchev–Trinajstić information content (AvgIpc) is 3.36. The van der Waals surface area contributed by atoms with E-state index in [9.17, 15) is 39.9 Å². The van der Waals surface area contributed by atoms with Crippen molar-refractivity contribution in [1.29, 1.82) is 0 Å². The minimum Gasteiger partial charge on any atom is -0.790 e. The van der Waals surface area contributed by atoms with Crippen LogP contribution in [0.25, 0.3) is 0 Å². The summed E-state index contributed by atoms with van der Waals surface area (Å²) >= 11 is 0. The topological polar surface area (TPSA) is 192 Å². The van der Waals surface area contributed by atoms with Gasteiger partial charge in [0.2, 0.25) is 0 Å². The molecule has 11 nitrogen and oxygen atoms in total. The smallest absolute Gasteiger partial charge is 0.790 e. The van der Waals surface area contributed by atoms with E-state index in [2.05, 4.69) is 45.2 Å². The first-order chi connectivity index (χ1) is 22.0. The maximum Gasteiger partial charge on any atom is 2.00 e. The van der Waals surface area contributed by atoms with Gasteiger partial charge >= 0.3 is 23.1 Å². The van der Waals surface area contributed by atoms with Gasteiger partial charge in [0.15, 0.2) is 6.29 Å². The molecule has 278 valence electrons. The molecule has 0 aromatic carbocycles. The molecule has 4 saturated carbocycles. The zero-order valence-corrected chi connectivity index (χ0v) is 33.1. The molecule has 13 heteroatoms. The number of hydrogen-bond donors (Lipinski definition) is 5. The van der Waals surface area contributed by atoms with Crippen molar-refractivity contribution in [2.75, 3.05) is 6.61 Å². The Kier molecular flexibility index (Phi) is 12.5. The number of allylic oxidation sites excluding steroid dienone is 2. The van der Waals surface area contributed by atoms with E-state index in [4.69, 9.17) is 9.47 Å². The number of hydrogen-bond acceptors (Lipinski definition) is 11. The maximum absolute atomic E-state index is 12.3. The van der Waals surface area contributed by atoms with Gasteiger partial charge in [-0.25, -0.2) is 0 Å². The van der Waals surface area contributed by atoms with E-state index in [0.29, 0.717) is 25.2 Å². The number of phosphoric ester groups is 1. The third-order valence-electron chi connectivity index (χ3n) is 14.8. The van der Waals surface area contributed by atoms with Gasteiger partial charge in [-0.1, -0.05) is 46.3 Å². The normalized spacial score (nSPS) is 47.5. The summed E-state index contributed by atoms with van der Waals surface area (Å²) in [5.41, 5.74) is -0.328. The molecule has 15 atom stereocenters. The van der Waals surface area contributed by atoms with Crippen LogP contribution in [-0.4, -0.2) is 104 Å². The van der Waals surface area contributed by atoms with Gasteiger partial charge in [-0.3, -0.25) is 0 Å². The molecule has 0 bridgehead atoms. The number of aliphatic hydroxyl groups is 5. The molecule has 0 aromatic rings. The summed E-state index contributed by atoms with van der Waals surface area (Å²) < 4.78 is 28.1. The van der Waals surface area contributed by atoms with Crippen molar-refractivity contribution in [3.05, 3.63) is 11.6 Å². The Morgan fingerprint density at radius 3 is 2.16 bits per heavy atom. The van der Waals surface area contributed by atoms with Gasteiger partial charge in [-0.2, -0.15) is 0 Å². The molecule has 0 aromatic heterocycles. The predicted octanol–water partition coefficient (Wildman–Crippen LogP) is 2.80. The van der Waals surface area contributed by atoms with E-state index in [1.807, 2.05) is 20.8 Å². The summed E-state index contributed by atoms with van der Waals surface area (Å²) in [6.07, 6.45) is 0.410. The van der Waals surface area contributed by atoms with Crippen LogP contribution in [0.3, 0.4) is 0 Å². The van der Waals surface area contributed by atoms with Crippen molar-refractivity contribution in [3.8, 4) is 0 Å². The summed E-state index contributed by atoms with van der Waals surface area (Å²) in [4.78, 5) is 22.4. The molecule has 1 aliphatic heterocycles. The summed E-state index contributed by atoms with van der Waals surface area (Å²) in [6, 6.07) is 0. The van der Waals surface area contributed by atoms with Crippen LogP contribution in [0, 0.1) is 45.3 Å². The first-order valence-electron chi connectivity index (χ1n) is 18.1. The van der Waals surface area contributed by atoms with Crippen LogP contribution in [0.1, 0.15) is 113 Å². The van der Waals surface area contributed by atoms with Gasteiger partial charge in [0.25, 0.3) is 0 Å². The fraction of sp³-hybridized carbons (Fsp3) is 0.944. The second-order valence-electron chi connectivity index (χ2n) is 17.8. The number of ether oxygens (including phenoxy) is 2. The van der Waals surface area contributed by atoms with Crippen LogP contribution in [0.5, 0.6) is 0 Å². The molecule has 0 radical (unpaired) electrons. The van der Waals surface area contributed by atoms with Crippen molar-refractivity contribution in [2.45, 2.75) is 162 Å². The third-order valence-corrected chi connectivity index (χ3v) is 15.3. The molecule has 5 fully saturated rings. The van der Waals surface area contributed by atoms with E-state index in [0.717, 1.165) is 44.1 Å². The minimum atomic E-state index is -5.39. The van der Waals surface area contributed by atoms with E-state index < -0.39 is 56.8 Å². The van der Waals surface area contributed by atoms with Crippen LogP contribution in [0.15, 0.2) is 11.6 Å². The van der Waals surface area contributed by atoms with Gasteiger partial charge in [0.05, 0.1) is 32.2 Å². The quantitative estimate of drug-likeness (QED) is 0.134. The monoisotopic (exact) mass is 724 g/mol. The molecule has 5 rings (SSSR count). The van der Waals surface area contributed by atoms with Crippen LogP contribution >= 0.6 is 7.82 Å². The van der Waals surface area contributed by atoms with Crippen molar-refractivity contribution in [2.24, 2.45) is 45.3 Å². The van der Waals surface area contributed by atoms with E-state index in [-0.39, 0.29) is 68.6 Å². The Morgan fingerprint density at radius 1 is 0.918 bits per heavy atom. The largest absolute Gasteiger partial charge is 2.00 e. The van der Waals surface area contributed by atoms with Crippen molar-refractivity contribution >= 4 is 30.9 Å². The zero-order valence-electron chi connectivity index (χ0n) is 30.8. The Balaban J connectivity index is 0.00000541. The van der Waals surface area contributed by atoms with Crippen LogP contribution in [0.4, 0.5) is 0 Å². The molecule has 0 spiro atoms. The van der Waals surface area contributed by atoms with Gasteiger partial charge in [-0.05, 0) is 124 Å². The van der Waals surface area contributed by atoms with Crippen molar-refractivity contribution in [1.82, 2.24) is 0 Å². The van der Waals surface area contributed by atoms with Crippen molar-refractivity contribution < 1.29 is 53.9 Å². The molecule has 4 aliphatic carbocycles. The summed E-state index contributed by atoms with van der Waals surface area (Å²) in [5, 5.41) is 55.6. The molecule has 1 saturated heterocycles. The van der Waals surface area contributed by atoms with E-state index in [1.54, 1.807) is 0 Å². The third kappa shape index (κ3) is 7.29. The predicted molar refractivity (Wildman–Crippen MR) is 181 cm³/mol. The molecule has 5 aliphatic rings. The van der Waals surface area contributed by atoms with Crippen LogP contribution < -0.4 is 9.79 Å². The Bertz CT molecular complexity index is 1260. The van der Waals surface area contributed by atoms with Gasteiger partial charge in [0, 0.05) is 0 Å². The summed E-state index contributed by atoms with van der Waals surface area (Å²) in [5.74, 6) is 0.367. The van der Waals surface area contributed by atoms with Crippen LogP contribution in [-0.2, 0) is 18.6 Å². The fourth-order valence-corrected chi connectivity index (χ4v) is 12.3. The molecule has 5 unspecified atom stereocenters. The van der Waals surface area contributed by atoms with E-state index in [1.165, 1.54) is 0 Å². The Hall–Kier alpha value is 0.336. The minimum absolute atomic E-state index is 0. The van der Waals surface area contributed by atoms with E-state index >= 15 is 0 Å². The average molecular weight is 725 g/mol. The van der Waals surface area contributed by atoms with Gasteiger partial charge < -0.3 is 53.9 Å². The van der Waals surface area contributed by atoms with Gasteiger partial charge in [0.1, 0.15) is 24.4 Å². The summed E-state index contributed by atoms with van der Waals surface area (Å²) in [7, 11) is -5.39. The molecular formula is C36H61MgO11P. The molecule has 0 amide bonds. The van der Waals surface area contributed by atoms with Crippen LogP contribution in [0.2, 0.25) is 0 Å². The Labute approximate surface area is 309 Å². The molecular weight excluding hydrogens is 664 g/mol. The zero-order chi connectivity index (χ0) is 35.8. The second-order valence-corrected chi connectivity index (χ2v) is 19.0. The maximum atomic E-state index is 12.3. The number of aliphatic hydroxyl groups excluding tert-OH is 5. The Morgan fingerprint density at radius 2 is 1.55 bits per heavy atom. The summed E-state index contributed by atoms with van der Waals surface area (Å²) in [6.45, 7) is 16.8. The number of rotatable bonds is 9. The SMILES string of the molecule is CC(C)=CCC[C@](C)(O[C@@H]1O[C@H](COP(=O)([O-])[O-])[C@@H](O)[C@H](O)[C@H]1O)C1CCC2(C)C1[C@H](O)CC1[C@@]3(C)CC[C@H](O)C(C)(C)C3CC[C@]12C.[Mg+2]. The van der Waals surface area contributed by atoms with Crippen molar-refractivity contribution in [3.63, 3.8) is 0 Å². The second kappa shape index (κ2) is 14.5. The molecule has 1 heterocycles. The number of fused-ring (bicyclic) bond motifs is 5. The fourth-order valence-electron chi connectivity index (χ4n) is 12.0. The van der Waals surface area contributed by atoms with Gasteiger partial charge in [-0.15, -0.1) is 0 Å². The first kappa shape index (κ1) is 42.1. The standard InChI is InChI=1S/C36H63O11P.Mg/c1-20(2)10-9-14-36(8,47-31-30(41)29(40)28(39)23(46-31)19-45-48(42,43)44)21-11-16-35(7)27(21)22(37)18-25-33(5)15-13-26(38)32(3,4)24(33)12-17-34(25,35)6;/h10,21-31,37-41H,9,11-19H2,1-8H3,(H2,42,43,44);/q;+2/p-2/t21?,22-,23-,24?,25?,26+,27?,28-,29+,30-,31+,33+,34-,35?,36+;/m1./s1. The first-order valence-corrected chi connectivity index (χ1v) is 19.5. The number of phosphoric acid groups is 1. The molecule has 49 heavy (non-hydrogen) atoms. The molecule has 5 N–H and O–H groups in total.